The average Bonchev–Trinajstić information content (AvgIpc) is 2.40. The van der Waals surface area contributed by atoms with Gasteiger partial charge in [0.15, 0.2) is 0 Å². The van der Waals surface area contributed by atoms with Gasteiger partial charge in [0.2, 0.25) is 0 Å². The lowest BCUT2D eigenvalue weighted by atomic mass is 10.2. The Bertz CT molecular complexity index is 349. The Morgan fingerprint density at radius 2 is 1.89 bits per heavy atom. The number of nitrogen functional groups attached to an aromatic ring is 1. The third-order valence-corrected chi connectivity index (χ3v) is 3.03. The molecule has 1 heterocycles. The van der Waals surface area contributed by atoms with Gasteiger partial charge in [0.1, 0.15) is 11.6 Å². The van der Waals surface area contributed by atoms with Gasteiger partial charge in [-0.3, -0.25) is 0 Å². The van der Waals surface area contributed by atoms with Crippen molar-refractivity contribution in [1.29, 1.82) is 0 Å². The van der Waals surface area contributed by atoms with E-state index < -0.39 is 0 Å². The normalized spacial score (nSPS) is 10.9. The molecule has 0 radical (unpaired) electrons. The number of nitrogens with one attached hydrogen (secondary N) is 1. The number of hydrogen-bond acceptors (Lipinski definition) is 5. The monoisotopic (exact) mass is 251 g/mol. The highest BCUT2D eigenvalue weighted by atomic mass is 15.3. The SMILES string of the molecule is CCCc1cc(NN)nc(CCN(CC)CC)n1. The molecule has 1 rings (SSSR count). The largest absolute Gasteiger partial charge is 0.308 e. The quantitative estimate of drug-likeness (QED) is 0.542. The van der Waals surface area contributed by atoms with E-state index in [0.717, 1.165) is 50.4 Å². The Morgan fingerprint density at radius 3 is 2.44 bits per heavy atom. The zero-order valence-electron chi connectivity index (χ0n) is 11.7. The smallest absolute Gasteiger partial charge is 0.143 e. The summed E-state index contributed by atoms with van der Waals surface area (Å²) in [5.41, 5.74) is 3.68. The number of anilines is 1. The van der Waals surface area contributed by atoms with Crippen LogP contribution in [0.15, 0.2) is 6.07 Å². The van der Waals surface area contributed by atoms with Crippen molar-refractivity contribution in [2.45, 2.75) is 40.0 Å². The van der Waals surface area contributed by atoms with E-state index in [1.54, 1.807) is 0 Å². The maximum atomic E-state index is 5.44. The highest BCUT2D eigenvalue weighted by Gasteiger charge is 2.06. The highest BCUT2D eigenvalue weighted by molar-refractivity contribution is 5.34. The fraction of sp³-hybridized carbons (Fsp3) is 0.692. The molecule has 102 valence electrons. The molecule has 1 aromatic rings. The minimum atomic E-state index is 0.711. The van der Waals surface area contributed by atoms with Crippen LogP contribution in [0.5, 0.6) is 0 Å². The zero-order chi connectivity index (χ0) is 13.4. The van der Waals surface area contributed by atoms with Crippen molar-refractivity contribution in [1.82, 2.24) is 14.9 Å². The molecule has 0 saturated heterocycles. The summed E-state index contributed by atoms with van der Waals surface area (Å²) in [6.45, 7) is 9.61. The number of rotatable bonds is 8. The van der Waals surface area contributed by atoms with Crippen molar-refractivity contribution in [2.24, 2.45) is 5.84 Å². The molecule has 0 saturated carbocycles. The number of nitrogens with two attached hydrogens (primary N) is 1. The maximum absolute atomic E-state index is 5.44. The summed E-state index contributed by atoms with van der Waals surface area (Å²) in [6, 6.07) is 1.92. The standard InChI is InChI=1S/C13H25N5/c1-4-7-11-10-13(17-14)16-12(15-11)8-9-18(5-2)6-3/h10H,4-9,14H2,1-3H3,(H,15,16,17). The number of aryl methyl sites for hydroxylation is 1. The Labute approximate surface area is 110 Å². The lowest BCUT2D eigenvalue weighted by molar-refractivity contribution is 0.305. The van der Waals surface area contributed by atoms with Crippen LogP contribution >= 0.6 is 0 Å². The van der Waals surface area contributed by atoms with Gasteiger partial charge in [-0.25, -0.2) is 15.8 Å². The fourth-order valence-corrected chi connectivity index (χ4v) is 1.92. The lowest BCUT2D eigenvalue weighted by Gasteiger charge is -2.17. The summed E-state index contributed by atoms with van der Waals surface area (Å²) in [4.78, 5) is 11.3. The second-order valence-corrected chi connectivity index (χ2v) is 4.33. The minimum absolute atomic E-state index is 0.711. The molecule has 1 aromatic heterocycles. The number of likely N-dealkylation sites (N-methyl/N-ethyl adjacent to an activating group) is 1. The van der Waals surface area contributed by atoms with Crippen LogP contribution in [0, 0.1) is 0 Å². The van der Waals surface area contributed by atoms with Gasteiger partial charge in [-0.05, 0) is 19.5 Å². The fourth-order valence-electron chi connectivity index (χ4n) is 1.92. The highest BCUT2D eigenvalue weighted by Crippen LogP contribution is 2.08. The Morgan fingerprint density at radius 1 is 1.17 bits per heavy atom. The minimum Gasteiger partial charge on any atom is -0.308 e. The van der Waals surface area contributed by atoms with Crippen LogP contribution in [0.1, 0.15) is 38.7 Å². The number of hydrogen-bond donors (Lipinski definition) is 2. The van der Waals surface area contributed by atoms with Crippen LogP contribution in [-0.4, -0.2) is 34.5 Å². The van der Waals surface area contributed by atoms with Crippen LogP contribution in [-0.2, 0) is 12.8 Å². The Balaban J connectivity index is 2.71. The predicted molar refractivity (Wildman–Crippen MR) is 75.3 cm³/mol. The van der Waals surface area contributed by atoms with Gasteiger partial charge in [-0.2, -0.15) is 0 Å². The molecule has 5 nitrogen and oxygen atoms in total. The molecule has 0 aliphatic carbocycles. The van der Waals surface area contributed by atoms with Crippen molar-refractivity contribution in [2.75, 3.05) is 25.1 Å². The van der Waals surface area contributed by atoms with Crippen molar-refractivity contribution >= 4 is 5.82 Å². The lowest BCUT2D eigenvalue weighted by Crippen LogP contribution is -2.26. The van der Waals surface area contributed by atoms with Gasteiger partial charge >= 0.3 is 0 Å². The van der Waals surface area contributed by atoms with Crippen molar-refractivity contribution in [3.05, 3.63) is 17.6 Å². The van der Waals surface area contributed by atoms with Gasteiger partial charge in [0.25, 0.3) is 0 Å². The summed E-state index contributed by atoms with van der Waals surface area (Å²) < 4.78 is 0. The topological polar surface area (TPSA) is 67.1 Å². The molecule has 3 N–H and O–H groups in total. The van der Waals surface area contributed by atoms with Crippen molar-refractivity contribution < 1.29 is 0 Å². The van der Waals surface area contributed by atoms with E-state index in [1.807, 2.05) is 6.07 Å². The molecule has 0 bridgehead atoms. The van der Waals surface area contributed by atoms with Gasteiger partial charge in [0.05, 0.1) is 0 Å². The first-order valence-corrected chi connectivity index (χ1v) is 6.79. The third kappa shape index (κ3) is 4.58. The predicted octanol–water partition coefficient (Wildman–Crippen LogP) is 1.60. The van der Waals surface area contributed by atoms with Crippen LogP contribution in [0.4, 0.5) is 5.82 Å². The Hall–Kier alpha value is -1.20. The Kier molecular flexibility index (Phi) is 6.60. The van der Waals surface area contributed by atoms with Gasteiger partial charge in [-0.1, -0.05) is 27.2 Å². The van der Waals surface area contributed by atoms with E-state index in [-0.39, 0.29) is 0 Å². The summed E-state index contributed by atoms with van der Waals surface area (Å²) in [5.74, 6) is 7.03. The first kappa shape index (κ1) is 14.9. The first-order chi connectivity index (χ1) is 8.73. The third-order valence-electron chi connectivity index (χ3n) is 3.03. The molecule has 0 atom stereocenters. The van der Waals surface area contributed by atoms with Crippen molar-refractivity contribution in [3.63, 3.8) is 0 Å². The number of nitrogens with zero attached hydrogens (tertiary/aromatic N) is 3. The molecule has 5 heteroatoms. The second-order valence-electron chi connectivity index (χ2n) is 4.33. The van der Waals surface area contributed by atoms with E-state index in [2.05, 4.69) is 41.1 Å². The molecule has 0 fully saturated rings. The summed E-state index contributed by atoms with van der Waals surface area (Å²) >= 11 is 0. The van der Waals surface area contributed by atoms with E-state index >= 15 is 0 Å². The molecule has 0 unspecified atom stereocenters. The van der Waals surface area contributed by atoms with Crippen LogP contribution in [0.25, 0.3) is 0 Å². The van der Waals surface area contributed by atoms with E-state index in [1.165, 1.54) is 0 Å². The summed E-state index contributed by atoms with van der Waals surface area (Å²) in [5, 5.41) is 0. The average molecular weight is 251 g/mol. The van der Waals surface area contributed by atoms with Crippen LogP contribution in [0.2, 0.25) is 0 Å². The van der Waals surface area contributed by atoms with Gasteiger partial charge in [0, 0.05) is 24.7 Å². The maximum Gasteiger partial charge on any atom is 0.143 e. The molecule has 0 spiro atoms. The zero-order valence-corrected chi connectivity index (χ0v) is 11.7. The molecular formula is C13H25N5. The van der Waals surface area contributed by atoms with Gasteiger partial charge in [-0.15, -0.1) is 0 Å². The first-order valence-electron chi connectivity index (χ1n) is 6.79. The van der Waals surface area contributed by atoms with Gasteiger partial charge < -0.3 is 10.3 Å². The summed E-state index contributed by atoms with van der Waals surface area (Å²) in [6.07, 6.45) is 2.92. The molecule has 0 aromatic carbocycles. The number of aromatic nitrogens is 2. The second kappa shape index (κ2) is 8.00. The molecule has 0 aliphatic heterocycles. The molecule has 0 aliphatic rings. The van der Waals surface area contributed by atoms with E-state index in [4.69, 9.17) is 5.84 Å². The van der Waals surface area contributed by atoms with Crippen LogP contribution < -0.4 is 11.3 Å². The summed E-state index contributed by atoms with van der Waals surface area (Å²) in [7, 11) is 0. The molecule has 0 amide bonds. The van der Waals surface area contributed by atoms with E-state index in [0.29, 0.717) is 5.82 Å². The van der Waals surface area contributed by atoms with Crippen molar-refractivity contribution in [3.8, 4) is 0 Å². The number of hydrazine groups is 1. The molecule has 18 heavy (non-hydrogen) atoms. The van der Waals surface area contributed by atoms with E-state index in [9.17, 15) is 0 Å². The van der Waals surface area contributed by atoms with Crippen LogP contribution in [0.3, 0.4) is 0 Å². The molecular weight excluding hydrogens is 226 g/mol.